The highest BCUT2D eigenvalue weighted by Crippen LogP contribution is 2.15. The lowest BCUT2D eigenvalue weighted by Gasteiger charge is -2.08. The van der Waals surface area contributed by atoms with Crippen molar-refractivity contribution in [2.45, 2.75) is 6.54 Å². The third-order valence-corrected chi connectivity index (χ3v) is 4.01. The zero-order chi connectivity index (χ0) is 17.4. The van der Waals surface area contributed by atoms with Crippen molar-refractivity contribution in [2.24, 2.45) is 0 Å². The third kappa shape index (κ3) is 2.64. The van der Waals surface area contributed by atoms with E-state index < -0.39 is 5.91 Å². The van der Waals surface area contributed by atoms with Gasteiger partial charge in [-0.25, -0.2) is 10.1 Å². The van der Waals surface area contributed by atoms with E-state index in [1.54, 1.807) is 42.0 Å². The first-order chi connectivity index (χ1) is 12.2. The first-order valence-electron chi connectivity index (χ1n) is 7.44. The highest BCUT2D eigenvalue weighted by molar-refractivity contribution is 5.97. The van der Waals surface area contributed by atoms with Crippen LogP contribution in [0.3, 0.4) is 0 Å². The van der Waals surface area contributed by atoms with Crippen LogP contribution in [0.25, 0.3) is 21.8 Å². The van der Waals surface area contributed by atoms with Gasteiger partial charge in [0.1, 0.15) is 11.0 Å². The molecule has 0 saturated heterocycles. The Morgan fingerprint density at radius 1 is 1.12 bits per heavy atom. The number of rotatable bonds is 3. The molecule has 124 valence electrons. The first-order valence-corrected chi connectivity index (χ1v) is 7.44. The van der Waals surface area contributed by atoms with Crippen LogP contribution < -0.4 is 11.0 Å². The van der Waals surface area contributed by atoms with Crippen molar-refractivity contribution in [1.82, 2.24) is 20.4 Å². The smallest absolute Gasteiger partial charge is 0.274 e. The molecule has 8 nitrogen and oxygen atoms in total. The molecule has 0 aliphatic carbocycles. The lowest BCUT2D eigenvalue weighted by atomic mass is 10.1. The van der Waals surface area contributed by atoms with Gasteiger partial charge in [-0.05, 0) is 51.6 Å². The fourth-order valence-electron chi connectivity index (χ4n) is 2.73. The predicted octanol–water partition coefficient (Wildman–Crippen LogP) is 1.71. The van der Waals surface area contributed by atoms with E-state index in [9.17, 15) is 9.59 Å². The molecule has 4 aromatic rings. The minimum atomic E-state index is -0.666. The van der Waals surface area contributed by atoms with E-state index in [1.165, 1.54) is 10.6 Å². The van der Waals surface area contributed by atoms with Crippen LogP contribution in [0, 0.1) is 0 Å². The predicted molar refractivity (Wildman–Crippen MR) is 88.4 cm³/mol. The standard InChI is InChI=1S/C17H12N4O4/c22-16(18-24)12-3-2-11-5-6-21(17(23)13(11)8-12)9-10-1-4-14-15(7-10)20-25-19-14/h1-8,24H,9H2,(H,18,22). The first kappa shape index (κ1) is 15.0. The largest absolute Gasteiger partial charge is 0.311 e. The van der Waals surface area contributed by atoms with Gasteiger partial charge in [0.2, 0.25) is 0 Å². The third-order valence-electron chi connectivity index (χ3n) is 4.01. The second-order valence-corrected chi connectivity index (χ2v) is 5.58. The maximum atomic E-state index is 12.7. The number of carbonyl (C=O) groups is 1. The summed E-state index contributed by atoms with van der Waals surface area (Å²) >= 11 is 0. The van der Waals surface area contributed by atoms with Gasteiger partial charge in [-0.3, -0.25) is 14.8 Å². The van der Waals surface area contributed by atoms with E-state index in [1.807, 2.05) is 6.07 Å². The van der Waals surface area contributed by atoms with E-state index in [0.29, 0.717) is 28.4 Å². The van der Waals surface area contributed by atoms with Gasteiger partial charge < -0.3 is 4.57 Å². The zero-order valence-electron chi connectivity index (χ0n) is 12.8. The Balaban J connectivity index is 1.77. The molecular formula is C17H12N4O4. The van der Waals surface area contributed by atoms with Crippen molar-refractivity contribution in [3.63, 3.8) is 0 Å². The number of pyridine rings is 1. The van der Waals surface area contributed by atoms with Crippen LogP contribution in [0.1, 0.15) is 15.9 Å². The molecule has 0 atom stereocenters. The summed E-state index contributed by atoms with van der Waals surface area (Å²) in [5.41, 5.74) is 3.68. The second kappa shape index (κ2) is 5.84. The zero-order valence-corrected chi connectivity index (χ0v) is 12.8. The average Bonchev–Trinajstić information content (AvgIpc) is 3.11. The van der Waals surface area contributed by atoms with Crippen molar-refractivity contribution in [3.05, 3.63) is 70.1 Å². The number of nitrogens with one attached hydrogen (secondary N) is 1. The van der Waals surface area contributed by atoms with Gasteiger partial charge in [-0.2, -0.15) is 0 Å². The Labute approximate surface area is 140 Å². The van der Waals surface area contributed by atoms with Gasteiger partial charge in [0, 0.05) is 17.1 Å². The van der Waals surface area contributed by atoms with Gasteiger partial charge in [0.05, 0.1) is 6.54 Å². The summed E-state index contributed by atoms with van der Waals surface area (Å²) in [6.45, 7) is 0.341. The topological polar surface area (TPSA) is 110 Å². The summed E-state index contributed by atoms with van der Waals surface area (Å²) in [4.78, 5) is 24.3. The number of carbonyl (C=O) groups excluding carboxylic acids is 1. The SMILES string of the molecule is O=C(NO)c1ccc2ccn(Cc3ccc4nonc4c3)c(=O)c2c1. The molecule has 0 aliphatic rings. The summed E-state index contributed by atoms with van der Waals surface area (Å²) in [7, 11) is 0. The van der Waals surface area contributed by atoms with Crippen LogP contribution in [0.4, 0.5) is 0 Å². The summed E-state index contributed by atoms with van der Waals surface area (Å²) in [6, 6.07) is 11.9. The maximum Gasteiger partial charge on any atom is 0.274 e. The van der Waals surface area contributed by atoms with Gasteiger partial charge in [0.15, 0.2) is 0 Å². The van der Waals surface area contributed by atoms with Gasteiger partial charge in [0.25, 0.3) is 11.5 Å². The van der Waals surface area contributed by atoms with E-state index >= 15 is 0 Å². The fourth-order valence-corrected chi connectivity index (χ4v) is 2.73. The number of benzene rings is 2. The lowest BCUT2D eigenvalue weighted by molar-refractivity contribution is 0.0706. The van der Waals surface area contributed by atoms with E-state index in [0.717, 1.165) is 5.56 Å². The molecule has 0 saturated carbocycles. The van der Waals surface area contributed by atoms with Crippen molar-refractivity contribution in [2.75, 3.05) is 0 Å². The lowest BCUT2D eigenvalue weighted by Crippen LogP contribution is -2.22. The van der Waals surface area contributed by atoms with Crippen LogP contribution in [0.5, 0.6) is 0 Å². The summed E-state index contributed by atoms with van der Waals surface area (Å²) < 4.78 is 6.21. The Morgan fingerprint density at radius 2 is 1.96 bits per heavy atom. The molecule has 0 unspecified atom stereocenters. The molecule has 0 bridgehead atoms. The molecule has 25 heavy (non-hydrogen) atoms. The molecule has 1 amide bonds. The number of amides is 1. The quantitative estimate of drug-likeness (QED) is 0.435. The van der Waals surface area contributed by atoms with Crippen LogP contribution in [-0.4, -0.2) is 26.0 Å². The molecule has 2 aromatic heterocycles. The van der Waals surface area contributed by atoms with E-state index in [4.69, 9.17) is 5.21 Å². The van der Waals surface area contributed by atoms with Crippen molar-refractivity contribution >= 4 is 27.7 Å². The summed E-state index contributed by atoms with van der Waals surface area (Å²) in [5.74, 6) is -0.666. The molecular weight excluding hydrogens is 324 g/mol. The molecule has 2 heterocycles. The summed E-state index contributed by atoms with van der Waals surface area (Å²) in [5, 5.41) is 17.4. The van der Waals surface area contributed by atoms with E-state index in [2.05, 4.69) is 14.9 Å². The van der Waals surface area contributed by atoms with Crippen molar-refractivity contribution < 1.29 is 14.6 Å². The van der Waals surface area contributed by atoms with E-state index in [-0.39, 0.29) is 11.1 Å². The maximum absolute atomic E-state index is 12.7. The second-order valence-electron chi connectivity index (χ2n) is 5.58. The molecule has 0 radical (unpaired) electrons. The Morgan fingerprint density at radius 3 is 2.80 bits per heavy atom. The van der Waals surface area contributed by atoms with Crippen molar-refractivity contribution in [3.8, 4) is 0 Å². The Hall–Kier alpha value is -3.52. The number of hydrogen-bond acceptors (Lipinski definition) is 6. The van der Waals surface area contributed by atoms with Crippen LogP contribution in [0.2, 0.25) is 0 Å². The van der Waals surface area contributed by atoms with Crippen LogP contribution in [0.15, 0.2) is 58.1 Å². The molecule has 0 aliphatic heterocycles. The highest BCUT2D eigenvalue weighted by Gasteiger charge is 2.09. The number of hydrogen-bond donors (Lipinski definition) is 2. The number of nitrogens with zero attached hydrogens (tertiary/aromatic N) is 3. The molecule has 8 heteroatoms. The fraction of sp³-hybridized carbons (Fsp3) is 0.0588. The van der Waals surface area contributed by atoms with Crippen LogP contribution >= 0.6 is 0 Å². The van der Waals surface area contributed by atoms with Gasteiger partial charge in [-0.15, -0.1) is 0 Å². The average molecular weight is 336 g/mol. The summed E-state index contributed by atoms with van der Waals surface area (Å²) in [6.07, 6.45) is 1.70. The number of hydroxylamine groups is 1. The minimum absolute atomic E-state index is 0.208. The number of aromatic nitrogens is 3. The molecule has 0 spiro atoms. The Bertz CT molecular complexity index is 1160. The molecule has 4 rings (SSSR count). The van der Waals surface area contributed by atoms with Gasteiger partial charge in [-0.1, -0.05) is 12.1 Å². The van der Waals surface area contributed by atoms with Crippen LogP contribution in [-0.2, 0) is 6.54 Å². The Kier molecular flexibility index (Phi) is 3.51. The number of fused-ring (bicyclic) bond motifs is 2. The minimum Gasteiger partial charge on any atom is -0.311 e. The molecule has 2 aromatic carbocycles. The monoisotopic (exact) mass is 336 g/mol. The molecule has 2 N–H and O–H groups in total. The normalized spacial score (nSPS) is 11.1. The highest BCUT2D eigenvalue weighted by atomic mass is 16.6. The van der Waals surface area contributed by atoms with Crippen molar-refractivity contribution in [1.29, 1.82) is 0 Å². The molecule has 0 fully saturated rings. The van der Waals surface area contributed by atoms with Gasteiger partial charge >= 0.3 is 0 Å².